The van der Waals surface area contributed by atoms with Gasteiger partial charge in [0.25, 0.3) is 5.91 Å². The summed E-state index contributed by atoms with van der Waals surface area (Å²) in [5.41, 5.74) is 0.328. The molecule has 0 saturated heterocycles. The molecule has 1 aliphatic heterocycles. The van der Waals surface area contributed by atoms with Gasteiger partial charge >= 0.3 is 0 Å². The molecule has 0 spiro atoms. The minimum Gasteiger partial charge on any atom is -0.497 e. The molecular weight excluding hydrogens is 460 g/mol. The number of carbonyl (C=O) groups excluding carboxylic acids is 3. The van der Waals surface area contributed by atoms with Gasteiger partial charge in [-0.15, -0.1) is 0 Å². The van der Waals surface area contributed by atoms with Crippen molar-refractivity contribution in [2.45, 2.75) is 70.6 Å². The second-order valence-corrected chi connectivity index (χ2v) is 9.93. The Morgan fingerprint density at radius 2 is 1.97 bits per heavy atom. The molecule has 0 bridgehead atoms. The highest BCUT2D eigenvalue weighted by Gasteiger charge is 2.49. The molecule has 2 N–H and O–H groups in total. The molecule has 9 heteroatoms. The van der Waals surface area contributed by atoms with Gasteiger partial charge in [-0.25, -0.2) is 0 Å². The summed E-state index contributed by atoms with van der Waals surface area (Å²) in [6.07, 6.45) is 6.79. The van der Waals surface area contributed by atoms with Gasteiger partial charge in [-0.05, 0) is 50.1 Å². The molecule has 1 aromatic carbocycles. The standard InChI is InChI=1S/C27H32N4O5/c1-17(32)28-23-21-14-19(35-3)11-12-22(21)30-16-27(2,26(34)29-18-8-5-4-6-9-18)31(25(33)24(23)30)15-20-10-7-13-36-20/h7,10-14,18H,4-6,8-9,15-16H2,1-3H3,(H,28,32)(H,29,34). The zero-order chi connectivity index (χ0) is 25.4. The number of methoxy groups -OCH3 is 1. The van der Waals surface area contributed by atoms with Crippen LogP contribution in [0, 0.1) is 0 Å². The number of aromatic nitrogens is 1. The summed E-state index contributed by atoms with van der Waals surface area (Å²) in [5, 5.41) is 6.76. The van der Waals surface area contributed by atoms with E-state index in [0.717, 1.165) is 31.2 Å². The lowest BCUT2D eigenvalue weighted by Crippen LogP contribution is -2.64. The largest absolute Gasteiger partial charge is 0.497 e. The maximum absolute atomic E-state index is 14.2. The van der Waals surface area contributed by atoms with E-state index in [0.29, 0.717) is 28.3 Å². The Morgan fingerprint density at radius 1 is 1.19 bits per heavy atom. The molecule has 2 aliphatic rings. The summed E-state index contributed by atoms with van der Waals surface area (Å²) >= 11 is 0. The maximum Gasteiger partial charge on any atom is 0.274 e. The Hall–Kier alpha value is -3.75. The van der Waals surface area contributed by atoms with Crippen LogP contribution in [0.1, 0.15) is 62.2 Å². The highest BCUT2D eigenvalue weighted by molar-refractivity contribution is 6.14. The first kappa shape index (κ1) is 24.0. The minimum atomic E-state index is -1.17. The Morgan fingerprint density at radius 3 is 2.64 bits per heavy atom. The van der Waals surface area contributed by atoms with E-state index >= 15 is 0 Å². The van der Waals surface area contributed by atoms with Gasteiger partial charge in [0.15, 0.2) is 0 Å². The van der Waals surface area contributed by atoms with E-state index in [-0.39, 0.29) is 36.9 Å². The first-order chi connectivity index (χ1) is 17.3. The van der Waals surface area contributed by atoms with Gasteiger partial charge in [-0.1, -0.05) is 19.3 Å². The Bertz CT molecular complexity index is 1310. The molecule has 3 aromatic rings. The molecule has 5 rings (SSSR count). The molecule has 0 radical (unpaired) electrons. The molecule has 2 aromatic heterocycles. The van der Waals surface area contributed by atoms with Crippen LogP contribution < -0.4 is 15.4 Å². The third kappa shape index (κ3) is 4.12. The number of anilines is 1. The van der Waals surface area contributed by atoms with E-state index in [4.69, 9.17) is 9.15 Å². The number of nitrogens with zero attached hydrogens (tertiary/aromatic N) is 2. The third-order valence-corrected chi connectivity index (χ3v) is 7.40. The second kappa shape index (κ2) is 9.37. The normalized spacial score (nSPS) is 20.3. The number of amides is 3. The van der Waals surface area contributed by atoms with Crippen molar-refractivity contribution in [3.8, 4) is 5.75 Å². The Balaban J connectivity index is 1.64. The van der Waals surface area contributed by atoms with E-state index in [1.165, 1.54) is 13.3 Å². The Labute approximate surface area is 209 Å². The number of hydrogen-bond acceptors (Lipinski definition) is 5. The number of rotatable bonds is 6. The molecule has 1 unspecified atom stereocenters. The van der Waals surface area contributed by atoms with E-state index in [2.05, 4.69) is 10.6 Å². The van der Waals surface area contributed by atoms with Crippen molar-refractivity contribution in [2.24, 2.45) is 0 Å². The molecule has 1 aliphatic carbocycles. The van der Waals surface area contributed by atoms with Gasteiger partial charge in [0, 0.05) is 18.4 Å². The van der Waals surface area contributed by atoms with Crippen LogP contribution in [0.4, 0.5) is 5.69 Å². The number of hydrogen-bond donors (Lipinski definition) is 2. The number of furan rings is 1. The highest BCUT2D eigenvalue weighted by Crippen LogP contribution is 2.40. The lowest BCUT2D eigenvalue weighted by molar-refractivity contribution is -0.134. The molecule has 3 amide bonds. The van der Waals surface area contributed by atoms with Gasteiger partial charge < -0.3 is 29.3 Å². The van der Waals surface area contributed by atoms with Crippen molar-refractivity contribution < 1.29 is 23.5 Å². The van der Waals surface area contributed by atoms with Crippen LogP contribution in [0.25, 0.3) is 10.9 Å². The van der Waals surface area contributed by atoms with Gasteiger partial charge in [-0.3, -0.25) is 14.4 Å². The average molecular weight is 493 g/mol. The van der Waals surface area contributed by atoms with E-state index in [1.807, 2.05) is 23.6 Å². The van der Waals surface area contributed by atoms with Crippen LogP contribution in [0.2, 0.25) is 0 Å². The van der Waals surface area contributed by atoms with Crippen LogP contribution in [0.5, 0.6) is 5.75 Å². The van der Waals surface area contributed by atoms with Gasteiger partial charge in [0.2, 0.25) is 11.8 Å². The third-order valence-electron chi connectivity index (χ3n) is 7.40. The van der Waals surface area contributed by atoms with E-state index in [1.54, 1.807) is 36.5 Å². The predicted octanol–water partition coefficient (Wildman–Crippen LogP) is 4.06. The predicted molar refractivity (Wildman–Crippen MR) is 135 cm³/mol. The number of benzene rings is 1. The summed E-state index contributed by atoms with van der Waals surface area (Å²) in [4.78, 5) is 41.8. The average Bonchev–Trinajstić information content (AvgIpc) is 3.48. The van der Waals surface area contributed by atoms with Crippen LogP contribution in [-0.4, -0.2) is 45.9 Å². The molecule has 36 heavy (non-hydrogen) atoms. The fraction of sp³-hybridized carbons (Fsp3) is 0.444. The molecular formula is C27H32N4O5. The van der Waals surface area contributed by atoms with Crippen LogP contribution in [0.15, 0.2) is 41.0 Å². The molecule has 9 nitrogen and oxygen atoms in total. The number of ether oxygens (including phenoxy) is 1. The fourth-order valence-corrected chi connectivity index (χ4v) is 5.48. The quantitative estimate of drug-likeness (QED) is 0.540. The van der Waals surface area contributed by atoms with E-state index in [9.17, 15) is 14.4 Å². The van der Waals surface area contributed by atoms with Crippen molar-refractivity contribution in [1.29, 1.82) is 0 Å². The first-order valence-corrected chi connectivity index (χ1v) is 12.4. The summed E-state index contributed by atoms with van der Waals surface area (Å²) < 4.78 is 12.8. The summed E-state index contributed by atoms with van der Waals surface area (Å²) in [5.74, 6) is 0.359. The number of nitrogens with one attached hydrogen (secondary N) is 2. The zero-order valence-electron chi connectivity index (χ0n) is 20.9. The molecule has 3 heterocycles. The topological polar surface area (TPSA) is 106 Å². The van der Waals surface area contributed by atoms with E-state index < -0.39 is 5.54 Å². The van der Waals surface area contributed by atoms with Gasteiger partial charge in [-0.2, -0.15) is 0 Å². The number of carbonyl (C=O) groups is 3. The van der Waals surface area contributed by atoms with Crippen LogP contribution in [0.3, 0.4) is 0 Å². The highest BCUT2D eigenvalue weighted by atomic mass is 16.5. The Kier molecular flexibility index (Phi) is 6.24. The summed E-state index contributed by atoms with van der Waals surface area (Å²) in [7, 11) is 1.57. The van der Waals surface area contributed by atoms with Crippen molar-refractivity contribution in [1.82, 2.24) is 14.8 Å². The number of fused-ring (bicyclic) bond motifs is 3. The smallest absolute Gasteiger partial charge is 0.274 e. The van der Waals surface area contributed by atoms with Crippen molar-refractivity contribution in [3.05, 3.63) is 48.0 Å². The van der Waals surface area contributed by atoms with Gasteiger partial charge in [0.1, 0.15) is 22.7 Å². The van der Waals surface area contributed by atoms with Crippen LogP contribution >= 0.6 is 0 Å². The second-order valence-electron chi connectivity index (χ2n) is 9.93. The summed E-state index contributed by atoms with van der Waals surface area (Å²) in [6.45, 7) is 3.58. The van der Waals surface area contributed by atoms with Crippen molar-refractivity contribution in [2.75, 3.05) is 12.4 Å². The summed E-state index contributed by atoms with van der Waals surface area (Å²) in [6, 6.07) is 9.12. The van der Waals surface area contributed by atoms with Crippen LogP contribution in [-0.2, 0) is 22.7 Å². The molecule has 1 fully saturated rings. The lowest BCUT2D eigenvalue weighted by Gasteiger charge is -2.44. The molecule has 190 valence electrons. The fourth-order valence-electron chi connectivity index (χ4n) is 5.48. The van der Waals surface area contributed by atoms with Gasteiger partial charge in [0.05, 0.1) is 37.7 Å². The van der Waals surface area contributed by atoms with Crippen molar-refractivity contribution >= 4 is 34.3 Å². The lowest BCUT2D eigenvalue weighted by atomic mass is 9.91. The molecule has 1 saturated carbocycles. The molecule has 1 atom stereocenters. The van der Waals surface area contributed by atoms with Crippen molar-refractivity contribution in [3.63, 3.8) is 0 Å². The SMILES string of the molecule is COc1ccc2c(c1)c(NC(C)=O)c1n2CC(C)(C(=O)NC2CCCCC2)N(Cc2ccco2)C1=O. The minimum absolute atomic E-state index is 0.102. The first-order valence-electron chi connectivity index (χ1n) is 12.4. The maximum atomic E-state index is 14.2. The zero-order valence-corrected chi connectivity index (χ0v) is 20.9. The monoisotopic (exact) mass is 492 g/mol.